The van der Waals surface area contributed by atoms with Crippen molar-refractivity contribution >= 4 is 23.2 Å². The van der Waals surface area contributed by atoms with Gasteiger partial charge in [-0.1, -0.05) is 0 Å². The highest BCUT2D eigenvalue weighted by Crippen LogP contribution is 1.90. The fraction of sp³-hybridized carbons (Fsp3) is 1.00. The van der Waals surface area contributed by atoms with Crippen LogP contribution < -0.4 is 0 Å². The van der Waals surface area contributed by atoms with Crippen LogP contribution in [0, 0.1) is 0 Å². The average Bonchev–Trinajstić information content (AvgIpc) is 1.90. The van der Waals surface area contributed by atoms with Crippen molar-refractivity contribution in [2.24, 2.45) is 0 Å². The molecule has 0 aliphatic rings. The smallest absolute Gasteiger partial charge is 0.0558 e. The van der Waals surface area contributed by atoms with Crippen LogP contribution in [0.5, 0.6) is 0 Å². The molecule has 0 atom stereocenters. The van der Waals surface area contributed by atoms with Gasteiger partial charge in [-0.05, 0) is 0 Å². The Labute approximate surface area is 71.7 Å². The number of alkyl halides is 2. The van der Waals surface area contributed by atoms with Crippen LogP contribution in [-0.2, 0) is 0 Å². The monoisotopic (exact) mass is 185 g/mol. The lowest BCUT2D eigenvalue weighted by molar-refractivity contribution is 0.210. The standard InChI is InChI=1S/C6H13Cl2NO/c7-1-3-9(4-2-8)5-6-10/h10H,1-6H2. The highest BCUT2D eigenvalue weighted by Gasteiger charge is 2.00. The molecule has 0 aromatic rings. The Bertz CT molecular complexity index is 58.5. The van der Waals surface area contributed by atoms with E-state index in [0.717, 1.165) is 13.1 Å². The molecule has 0 aromatic carbocycles. The van der Waals surface area contributed by atoms with Crippen molar-refractivity contribution in [1.82, 2.24) is 4.90 Å². The van der Waals surface area contributed by atoms with Gasteiger partial charge in [-0.15, -0.1) is 23.2 Å². The van der Waals surface area contributed by atoms with Crippen molar-refractivity contribution in [1.29, 1.82) is 0 Å². The summed E-state index contributed by atoms with van der Waals surface area (Å²) < 4.78 is 0. The second kappa shape index (κ2) is 7.61. The third kappa shape index (κ3) is 5.30. The zero-order valence-electron chi connectivity index (χ0n) is 5.89. The molecule has 0 fully saturated rings. The fourth-order valence-corrected chi connectivity index (χ4v) is 1.19. The summed E-state index contributed by atoms with van der Waals surface area (Å²) >= 11 is 11.0. The summed E-state index contributed by atoms with van der Waals surface area (Å²) in [5, 5.41) is 8.56. The number of nitrogens with zero attached hydrogens (tertiary/aromatic N) is 1. The summed E-state index contributed by atoms with van der Waals surface area (Å²) in [6.07, 6.45) is 0. The Morgan fingerprint density at radius 2 is 1.50 bits per heavy atom. The highest BCUT2D eigenvalue weighted by atomic mass is 35.5. The molecule has 0 bridgehead atoms. The lowest BCUT2D eigenvalue weighted by Gasteiger charge is -2.17. The predicted octanol–water partition coefficient (Wildman–Crippen LogP) is 0.758. The van der Waals surface area contributed by atoms with Crippen molar-refractivity contribution in [2.75, 3.05) is 38.0 Å². The molecule has 0 aliphatic heterocycles. The van der Waals surface area contributed by atoms with E-state index in [4.69, 9.17) is 28.3 Å². The third-order valence-electron chi connectivity index (χ3n) is 1.22. The van der Waals surface area contributed by atoms with Crippen LogP contribution in [0.15, 0.2) is 0 Å². The van der Waals surface area contributed by atoms with E-state index in [9.17, 15) is 0 Å². The van der Waals surface area contributed by atoms with E-state index >= 15 is 0 Å². The van der Waals surface area contributed by atoms with Gasteiger partial charge < -0.3 is 5.11 Å². The summed E-state index contributed by atoms with van der Waals surface area (Å²) in [6, 6.07) is 0. The summed E-state index contributed by atoms with van der Waals surface area (Å²) in [5.41, 5.74) is 0. The van der Waals surface area contributed by atoms with Gasteiger partial charge in [-0.3, -0.25) is 4.90 Å². The van der Waals surface area contributed by atoms with Crippen LogP contribution in [0.25, 0.3) is 0 Å². The molecule has 10 heavy (non-hydrogen) atoms. The number of aliphatic hydroxyl groups excluding tert-OH is 1. The molecule has 0 amide bonds. The minimum atomic E-state index is 0.174. The van der Waals surface area contributed by atoms with E-state index in [1.165, 1.54) is 0 Å². The maximum atomic E-state index is 8.56. The van der Waals surface area contributed by atoms with Crippen LogP contribution in [0.1, 0.15) is 0 Å². The Morgan fingerprint density at radius 3 is 1.80 bits per heavy atom. The maximum absolute atomic E-state index is 8.56. The molecule has 0 spiro atoms. The molecule has 4 heteroatoms. The van der Waals surface area contributed by atoms with Gasteiger partial charge >= 0.3 is 0 Å². The lowest BCUT2D eigenvalue weighted by atomic mass is 10.5. The zero-order chi connectivity index (χ0) is 7.82. The van der Waals surface area contributed by atoms with E-state index in [2.05, 4.69) is 0 Å². The molecule has 0 radical (unpaired) electrons. The third-order valence-corrected chi connectivity index (χ3v) is 1.56. The maximum Gasteiger partial charge on any atom is 0.0558 e. The Hall–Kier alpha value is 0.500. The number of hydrogen-bond acceptors (Lipinski definition) is 2. The van der Waals surface area contributed by atoms with Crippen LogP contribution in [0.4, 0.5) is 0 Å². The molecule has 0 saturated carbocycles. The normalized spacial score (nSPS) is 10.8. The van der Waals surface area contributed by atoms with Crippen LogP contribution in [0.2, 0.25) is 0 Å². The number of halogens is 2. The van der Waals surface area contributed by atoms with Crippen molar-refractivity contribution in [3.8, 4) is 0 Å². The molecule has 2 nitrogen and oxygen atoms in total. The summed E-state index contributed by atoms with van der Waals surface area (Å²) in [7, 11) is 0. The second-order valence-electron chi connectivity index (χ2n) is 1.94. The quantitative estimate of drug-likeness (QED) is 0.619. The minimum absolute atomic E-state index is 0.174. The first-order valence-electron chi connectivity index (χ1n) is 3.30. The van der Waals surface area contributed by atoms with Gasteiger partial charge in [-0.2, -0.15) is 0 Å². The number of aliphatic hydroxyl groups is 1. The van der Waals surface area contributed by atoms with Gasteiger partial charge in [0.2, 0.25) is 0 Å². The van der Waals surface area contributed by atoms with Crippen molar-refractivity contribution < 1.29 is 5.11 Å². The molecule has 0 rings (SSSR count). The largest absolute Gasteiger partial charge is 0.395 e. The van der Waals surface area contributed by atoms with E-state index in [1.54, 1.807) is 0 Å². The topological polar surface area (TPSA) is 23.5 Å². The van der Waals surface area contributed by atoms with Gasteiger partial charge in [0.25, 0.3) is 0 Å². The number of hydrogen-bond donors (Lipinski definition) is 1. The van der Waals surface area contributed by atoms with Crippen molar-refractivity contribution in [3.63, 3.8) is 0 Å². The van der Waals surface area contributed by atoms with E-state index in [0.29, 0.717) is 18.3 Å². The van der Waals surface area contributed by atoms with Gasteiger partial charge in [0.05, 0.1) is 6.61 Å². The molecule has 0 unspecified atom stereocenters. The molecule has 0 saturated heterocycles. The molecule has 0 aromatic heterocycles. The Morgan fingerprint density at radius 1 is 1.00 bits per heavy atom. The SMILES string of the molecule is OCCN(CCCl)CCCl. The summed E-state index contributed by atoms with van der Waals surface area (Å²) in [4.78, 5) is 2.03. The Kier molecular flexibility index (Phi) is 7.99. The van der Waals surface area contributed by atoms with Gasteiger partial charge in [-0.25, -0.2) is 0 Å². The summed E-state index contributed by atoms with van der Waals surface area (Å²) in [6.45, 7) is 2.44. The van der Waals surface area contributed by atoms with E-state index < -0.39 is 0 Å². The fourth-order valence-electron chi connectivity index (χ4n) is 0.716. The highest BCUT2D eigenvalue weighted by molar-refractivity contribution is 6.18. The Balaban J connectivity index is 3.30. The predicted molar refractivity (Wildman–Crippen MR) is 45.0 cm³/mol. The first kappa shape index (κ1) is 10.5. The second-order valence-corrected chi connectivity index (χ2v) is 2.70. The van der Waals surface area contributed by atoms with E-state index in [1.807, 2.05) is 4.90 Å². The van der Waals surface area contributed by atoms with Gasteiger partial charge in [0.1, 0.15) is 0 Å². The van der Waals surface area contributed by atoms with Gasteiger partial charge in [0.15, 0.2) is 0 Å². The van der Waals surface area contributed by atoms with Crippen LogP contribution in [-0.4, -0.2) is 48.0 Å². The molecular formula is C6H13Cl2NO. The first-order valence-corrected chi connectivity index (χ1v) is 4.37. The zero-order valence-corrected chi connectivity index (χ0v) is 7.40. The van der Waals surface area contributed by atoms with E-state index in [-0.39, 0.29) is 6.61 Å². The summed E-state index contributed by atoms with van der Waals surface area (Å²) in [5.74, 6) is 1.19. The molecule has 0 aliphatic carbocycles. The van der Waals surface area contributed by atoms with Crippen LogP contribution >= 0.6 is 23.2 Å². The van der Waals surface area contributed by atoms with Crippen molar-refractivity contribution in [2.45, 2.75) is 0 Å². The molecule has 1 N–H and O–H groups in total. The first-order chi connectivity index (χ1) is 4.85. The molecule has 0 heterocycles. The minimum Gasteiger partial charge on any atom is -0.395 e. The van der Waals surface area contributed by atoms with Crippen LogP contribution in [0.3, 0.4) is 0 Å². The average molecular weight is 186 g/mol. The molecular weight excluding hydrogens is 173 g/mol. The van der Waals surface area contributed by atoms with Crippen molar-refractivity contribution in [3.05, 3.63) is 0 Å². The lowest BCUT2D eigenvalue weighted by Crippen LogP contribution is -2.30. The molecule has 62 valence electrons. The van der Waals surface area contributed by atoms with Gasteiger partial charge in [0, 0.05) is 31.4 Å². The number of rotatable bonds is 6.